The molecule has 0 bridgehead atoms. The number of benzene rings is 1. The SMILES string of the molecule is Br.COc1cc(S(C)(=O)=O)ccc1-c1cn2cccnc2n1. The molecule has 2 aromatic heterocycles. The molecule has 6 nitrogen and oxygen atoms in total. The number of hydrogen-bond donors (Lipinski definition) is 0. The van der Waals surface area contributed by atoms with Crippen molar-refractivity contribution >= 4 is 32.6 Å². The van der Waals surface area contributed by atoms with Crippen LogP contribution in [0.15, 0.2) is 47.8 Å². The first-order valence-electron chi connectivity index (χ1n) is 6.17. The Morgan fingerprint density at radius 2 is 2.05 bits per heavy atom. The Balaban J connectivity index is 0.00000176. The molecule has 3 rings (SSSR count). The van der Waals surface area contributed by atoms with Crippen molar-refractivity contribution < 1.29 is 13.2 Å². The van der Waals surface area contributed by atoms with Crippen molar-refractivity contribution in [2.24, 2.45) is 0 Å². The van der Waals surface area contributed by atoms with E-state index in [0.717, 1.165) is 11.8 Å². The Morgan fingerprint density at radius 3 is 2.68 bits per heavy atom. The average Bonchev–Trinajstić information content (AvgIpc) is 2.89. The Kier molecular flexibility index (Phi) is 4.52. The number of methoxy groups -OCH3 is 1. The van der Waals surface area contributed by atoms with Crippen LogP contribution >= 0.6 is 17.0 Å². The molecule has 0 fully saturated rings. The van der Waals surface area contributed by atoms with Crippen LogP contribution < -0.4 is 4.74 Å². The van der Waals surface area contributed by atoms with Crippen LogP contribution in [0, 0.1) is 0 Å². The highest BCUT2D eigenvalue weighted by Crippen LogP contribution is 2.31. The second-order valence-electron chi connectivity index (χ2n) is 4.59. The number of rotatable bonds is 3. The molecule has 22 heavy (non-hydrogen) atoms. The zero-order valence-corrected chi connectivity index (χ0v) is 14.5. The molecule has 1 aromatic carbocycles. The molecule has 0 unspecified atom stereocenters. The fraction of sp³-hybridized carbons (Fsp3) is 0.143. The molecule has 0 N–H and O–H groups in total. The Bertz CT molecular complexity index is 889. The van der Waals surface area contributed by atoms with Gasteiger partial charge < -0.3 is 4.74 Å². The van der Waals surface area contributed by atoms with E-state index in [1.165, 1.54) is 13.2 Å². The maximum atomic E-state index is 11.6. The minimum Gasteiger partial charge on any atom is -0.496 e. The molecule has 0 amide bonds. The van der Waals surface area contributed by atoms with Gasteiger partial charge in [-0.3, -0.25) is 4.40 Å². The summed E-state index contributed by atoms with van der Waals surface area (Å²) >= 11 is 0. The largest absolute Gasteiger partial charge is 0.496 e. The maximum absolute atomic E-state index is 11.6. The van der Waals surface area contributed by atoms with Crippen molar-refractivity contribution in [3.05, 3.63) is 42.9 Å². The lowest BCUT2D eigenvalue weighted by Crippen LogP contribution is -1.98. The van der Waals surface area contributed by atoms with Gasteiger partial charge in [0.25, 0.3) is 0 Å². The van der Waals surface area contributed by atoms with Gasteiger partial charge in [-0.25, -0.2) is 18.4 Å². The fourth-order valence-electron chi connectivity index (χ4n) is 2.07. The zero-order chi connectivity index (χ0) is 15.0. The highest BCUT2D eigenvalue weighted by Gasteiger charge is 2.15. The van der Waals surface area contributed by atoms with Gasteiger partial charge in [0.2, 0.25) is 5.78 Å². The van der Waals surface area contributed by atoms with Crippen LogP contribution in [0.25, 0.3) is 17.0 Å². The summed E-state index contributed by atoms with van der Waals surface area (Å²) in [5.74, 6) is 1.03. The molecule has 2 heterocycles. The van der Waals surface area contributed by atoms with E-state index in [4.69, 9.17) is 4.74 Å². The van der Waals surface area contributed by atoms with Crippen LogP contribution in [-0.2, 0) is 9.84 Å². The van der Waals surface area contributed by atoms with Crippen molar-refractivity contribution in [2.45, 2.75) is 4.90 Å². The molecule has 8 heteroatoms. The second-order valence-corrected chi connectivity index (χ2v) is 6.60. The van der Waals surface area contributed by atoms with Crippen LogP contribution in [0.1, 0.15) is 0 Å². The Hall–Kier alpha value is -1.93. The fourth-order valence-corrected chi connectivity index (χ4v) is 2.71. The first-order chi connectivity index (χ1) is 9.99. The molecule has 0 radical (unpaired) electrons. The third kappa shape index (κ3) is 2.97. The molecule has 3 aromatic rings. The molecule has 0 saturated heterocycles. The minimum absolute atomic E-state index is 0. The quantitative estimate of drug-likeness (QED) is 0.693. The summed E-state index contributed by atoms with van der Waals surface area (Å²) in [6.45, 7) is 0. The van der Waals surface area contributed by atoms with Gasteiger partial charge in [-0.2, -0.15) is 0 Å². The first-order valence-corrected chi connectivity index (χ1v) is 8.06. The van der Waals surface area contributed by atoms with Gasteiger partial charge in [-0.15, -0.1) is 17.0 Å². The number of aromatic nitrogens is 3. The van der Waals surface area contributed by atoms with E-state index in [1.807, 2.05) is 18.5 Å². The number of sulfone groups is 1. The smallest absolute Gasteiger partial charge is 0.234 e. The minimum atomic E-state index is -3.28. The van der Waals surface area contributed by atoms with Crippen molar-refractivity contribution in [1.82, 2.24) is 14.4 Å². The lowest BCUT2D eigenvalue weighted by Gasteiger charge is -2.08. The number of halogens is 1. The van der Waals surface area contributed by atoms with E-state index in [9.17, 15) is 8.42 Å². The number of fused-ring (bicyclic) bond motifs is 1. The first kappa shape index (κ1) is 16.4. The monoisotopic (exact) mass is 383 g/mol. The molecule has 0 atom stereocenters. The summed E-state index contributed by atoms with van der Waals surface area (Å²) in [4.78, 5) is 8.77. The summed E-state index contributed by atoms with van der Waals surface area (Å²) in [6.07, 6.45) is 6.49. The molecule has 0 saturated carbocycles. The van der Waals surface area contributed by atoms with Crippen molar-refractivity contribution in [1.29, 1.82) is 0 Å². The van der Waals surface area contributed by atoms with Gasteiger partial charge in [-0.05, 0) is 24.3 Å². The molecule has 0 aliphatic carbocycles. The van der Waals surface area contributed by atoms with Crippen molar-refractivity contribution in [3.8, 4) is 17.0 Å². The molecule has 0 spiro atoms. The predicted molar refractivity (Wildman–Crippen MR) is 88.4 cm³/mol. The highest BCUT2D eigenvalue weighted by atomic mass is 79.9. The van der Waals surface area contributed by atoms with E-state index in [1.54, 1.807) is 22.7 Å². The van der Waals surface area contributed by atoms with Crippen molar-refractivity contribution in [2.75, 3.05) is 13.4 Å². The topological polar surface area (TPSA) is 73.6 Å². The number of hydrogen-bond acceptors (Lipinski definition) is 5. The zero-order valence-electron chi connectivity index (χ0n) is 11.9. The standard InChI is InChI=1S/C14H13N3O3S.BrH/c1-20-13-8-10(21(2,18)19)4-5-11(13)12-9-17-7-3-6-15-14(17)16-12;/h3-9H,1-2H3;1H. The molecular formula is C14H14BrN3O3S. The molecular weight excluding hydrogens is 370 g/mol. The van der Waals surface area contributed by atoms with E-state index in [-0.39, 0.29) is 21.9 Å². The molecule has 0 aliphatic rings. The predicted octanol–water partition coefficient (Wildman–Crippen LogP) is 2.39. The molecule has 0 aliphatic heterocycles. The highest BCUT2D eigenvalue weighted by molar-refractivity contribution is 8.93. The third-order valence-electron chi connectivity index (χ3n) is 3.11. The van der Waals surface area contributed by atoms with E-state index in [2.05, 4.69) is 9.97 Å². The number of ether oxygens (including phenoxy) is 1. The van der Waals surface area contributed by atoms with E-state index < -0.39 is 9.84 Å². The summed E-state index contributed by atoms with van der Waals surface area (Å²) in [7, 11) is -1.78. The van der Waals surface area contributed by atoms with Crippen LogP contribution in [0.2, 0.25) is 0 Å². The lowest BCUT2D eigenvalue weighted by molar-refractivity contribution is 0.415. The van der Waals surface area contributed by atoms with Crippen LogP contribution in [-0.4, -0.2) is 36.2 Å². The van der Waals surface area contributed by atoms with Gasteiger partial charge >= 0.3 is 0 Å². The summed E-state index contributed by atoms with van der Waals surface area (Å²) < 4.78 is 30.3. The van der Waals surface area contributed by atoms with E-state index >= 15 is 0 Å². The van der Waals surface area contributed by atoms with Crippen LogP contribution in [0.3, 0.4) is 0 Å². The summed E-state index contributed by atoms with van der Waals surface area (Å²) in [5, 5.41) is 0. The van der Waals surface area contributed by atoms with Crippen LogP contribution in [0.4, 0.5) is 0 Å². The van der Waals surface area contributed by atoms with Gasteiger partial charge in [0.15, 0.2) is 9.84 Å². The second kappa shape index (κ2) is 6.05. The van der Waals surface area contributed by atoms with E-state index in [0.29, 0.717) is 17.2 Å². The molecule has 116 valence electrons. The summed E-state index contributed by atoms with van der Waals surface area (Å²) in [6, 6.07) is 6.55. The Morgan fingerprint density at radius 1 is 1.27 bits per heavy atom. The van der Waals surface area contributed by atoms with Gasteiger partial charge in [0, 0.05) is 30.4 Å². The number of nitrogens with zero attached hydrogens (tertiary/aromatic N) is 3. The lowest BCUT2D eigenvalue weighted by atomic mass is 10.1. The normalized spacial score (nSPS) is 11.2. The maximum Gasteiger partial charge on any atom is 0.234 e. The third-order valence-corrected chi connectivity index (χ3v) is 4.22. The van der Waals surface area contributed by atoms with Crippen molar-refractivity contribution in [3.63, 3.8) is 0 Å². The Labute approximate surface area is 138 Å². The average molecular weight is 384 g/mol. The van der Waals surface area contributed by atoms with Gasteiger partial charge in [-0.1, -0.05) is 0 Å². The van der Waals surface area contributed by atoms with Gasteiger partial charge in [0.05, 0.1) is 17.7 Å². The number of imidazole rings is 1. The van der Waals surface area contributed by atoms with Crippen LogP contribution in [0.5, 0.6) is 5.75 Å². The van der Waals surface area contributed by atoms with Gasteiger partial charge in [0.1, 0.15) is 5.75 Å². The summed E-state index contributed by atoms with van der Waals surface area (Å²) in [5.41, 5.74) is 1.39.